The van der Waals surface area contributed by atoms with E-state index in [0.29, 0.717) is 6.54 Å². The number of benzene rings is 2. The van der Waals surface area contributed by atoms with Crippen LogP contribution in [0, 0.1) is 0 Å². The van der Waals surface area contributed by atoms with E-state index < -0.39 is 0 Å². The van der Waals surface area contributed by atoms with Gasteiger partial charge in [-0.2, -0.15) is 0 Å². The monoisotopic (exact) mass is 325 g/mol. The van der Waals surface area contributed by atoms with Crippen molar-refractivity contribution in [1.29, 1.82) is 0 Å². The zero-order valence-electron chi connectivity index (χ0n) is 14.9. The summed E-state index contributed by atoms with van der Waals surface area (Å²) in [4.78, 5) is 12.0. The summed E-state index contributed by atoms with van der Waals surface area (Å²) in [6.07, 6.45) is 2.97. The molecule has 3 nitrogen and oxygen atoms in total. The van der Waals surface area contributed by atoms with Crippen molar-refractivity contribution < 1.29 is 9.53 Å². The lowest BCUT2D eigenvalue weighted by Gasteiger charge is -2.12. The molecular formula is C21H27NO2. The van der Waals surface area contributed by atoms with E-state index in [9.17, 15) is 4.79 Å². The first kappa shape index (κ1) is 18.1. The fraction of sp³-hybridized carbons (Fsp3) is 0.381. The van der Waals surface area contributed by atoms with E-state index in [1.807, 2.05) is 24.3 Å². The molecule has 2 aromatic carbocycles. The second-order valence-electron chi connectivity index (χ2n) is 5.87. The minimum Gasteiger partial charge on any atom is -0.484 e. The van der Waals surface area contributed by atoms with Crippen molar-refractivity contribution in [2.75, 3.05) is 6.61 Å². The summed E-state index contributed by atoms with van der Waals surface area (Å²) in [5.41, 5.74) is 5.03. The second-order valence-corrected chi connectivity index (χ2v) is 5.87. The van der Waals surface area contributed by atoms with Crippen LogP contribution in [0.5, 0.6) is 5.75 Å². The standard InChI is InChI=1S/C21H27NO2/c1-4-16-8-11-20(12-9-16)24-15-21(23)22-14-19-13-17(5-2)7-10-18(19)6-3/h7-13H,4-6,14-15H2,1-3H3,(H,22,23). The molecule has 0 radical (unpaired) electrons. The quantitative estimate of drug-likeness (QED) is 0.794. The molecule has 2 aromatic rings. The number of hydrogen-bond acceptors (Lipinski definition) is 2. The van der Waals surface area contributed by atoms with Crippen molar-refractivity contribution >= 4 is 5.91 Å². The normalized spacial score (nSPS) is 10.5. The highest BCUT2D eigenvalue weighted by Gasteiger charge is 2.06. The van der Waals surface area contributed by atoms with Gasteiger partial charge in [-0.3, -0.25) is 4.79 Å². The van der Waals surface area contributed by atoms with Crippen molar-refractivity contribution in [3.63, 3.8) is 0 Å². The number of carbonyl (C=O) groups excluding carboxylic acids is 1. The Labute approximate surface area is 145 Å². The number of amides is 1. The fourth-order valence-corrected chi connectivity index (χ4v) is 2.62. The van der Waals surface area contributed by atoms with Gasteiger partial charge in [-0.15, -0.1) is 0 Å². The third-order valence-corrected chi connectivity index (χ3v) is 4.24. The van der Waals surface area contributed by atoms with Crippen LogP contribution < -0.4 is 10.1 Å². The Balaban J connectivity index is 1.86. The van der Waals surface area contributed by atoms with Crippen molar-refractivity contribution in [2.24, 2.45) is 0 Å². The Bertz CT molecular complexity index is 662. The molecule has 3 heteroatoms. The smallest absolute Gasteiger partial charge is 0.258 e. The molecule has 1 N–H and O–H groups in total. The third kappa shape index (κ3) is 5.12. The molecule has 0 bridgehead atoms. The molecule has 128 valence electrons. The first-order valence-corrected chi connectivity index (χ1v) is 8.75. The van der Waals surface area contributed by atoms with E-state index in [2.05, 4.69) is 44.3 Å². The van der Waals surface area contributed by atoms with Gasteiger partial charge >= 0.3 is 0 Å². The van der Waals surface area contributed by atoms with Gasteiger partial charge in [0.25, 0.3) is 5.91 Å². The van der Waals surface area contributed by atoms with E-state index in [4.69, 9.17) is 4.74 Å². The molecule has 0 saturated carbocycles. The molecule has 0 aliphatic carbocycles. The third-order valence-electron chi connectivity index (χ3n) is 4.24. The van der Waals surface area contributed by atoms with Gasteiger partial charge in [-0.05, 0) is 53.6 Å². The van der Waals surface area contributed by atoms with E-state index >= 15 is 0 Å². The Morgan fingerprint density at radius 2 is 1.54 bits per heavy atom. The number of nitrogens with one attached hydrogen (secondary N) is 1. The number of aryl methyl sites for hydroxylation is 3. The number of carbonyl (C=O) groups is 1. The van der Waals surface area contributed by atoms with Gasteiger partial charge in [0.15, 0.2) is 6.61 Å². The molecular weight excluding hydrogens is 298 g/mol. The topological polar surface area (TPSA) is 38.3 Å². The maximum atomic E-state index is 12.0. The highest BCUT2D eigenvalue weighted by Crippen LogP contribution is 2.14. The molecule has 0 atom stereocenters. The molecule has 0 aromatic heterocycles. The Morgan fingerprint density at radius 1 is 0.875 bits per heavy atom. The van der Waals surface area contributed by atoms with Crippen LogP contribution in [-0.2, 0) is 30.6 Å². The van der Waals surface area contributed by atoms with Crippen LogP contribution in [0.25, 0.3) is 0 Å². The minimum atomic E-state index is -0.0986. The second kappa shape index (κ2) is 9.11. The predicted molar refractivity (Wildman–Crippen MR) is 98.4 cm³/mol. The number of hydrogen-bond donors (Lipinski definition) is 1. The molecule has 0 fully saturated rings. The average Bonchev–Trinajstić information content (AvgIpc) is 2.64. The van der Waals surface area contributed by atoms with Crippen LogP contribution in [0.15, 0.2) is 42.5 Å². The first-order chi connectivity index (χ1) is 11.7. The maximum absolute atomic E-state index is 12.0. The predicted octanol–water partition coefficient (Wildman–Crippen LogP) is 4.07. The minimum absolute atomic E-state index is 0.0421. The Morgan fingerprint density at radius 3 is 2.17 bits per heavy atom. The molecule has 0 heterocycles. The van der Waals surface area contributed by atoms with Crippen LogP contribution in [0.4, 0.5) is 0 Å². The highest BCUT2D eigenvalue weighted by molar-refractivity contribution is 5.77. The zero-order valence-corrected chi connectivity index (χ0v) is 14.9. The first-order valence-electron chi connectivity index (χ1n) is 8.75. The van der Waals surface area contributed by atoms with Gasteiger partial charge < -0.3 is 10.1 Å². The van der Waals surface area contributed by atoms with E-state index in [0.717, 1.165) is 25.0 Å². The van der Waals surface area contributed by atoms with Gasteiger partial charge in [0.1, 0.15) is 5.75 Å². The highest BCUT2D eigenvalue weighted by atomic mass is 16.5. The largest absolute Gasteiger partial charge is 0.484 e. The molecule has 24 heavy (non-hydrogen) atoms. The summed E-state index contributed by atoms with van der Waals surface area (Å²) < 4.78 is 5.55. The lowest BCUT2D eigenvalue weighted by molar-refractivity contribution is -0.123. The molecule has 0 saturated heterocycles. The molecule has 0 aliphatic heterocycles. The van der Waals surface area contributed by atoms with Gasteiger partial charge in [0.05, 0.1) is 0 Å². The van der Waals surface area contributed by atoms with Crippen LogP contribution in [0.3, 0.4) is 0 Å². The summed E-state index contributed by atoms with van der Waals surface area (Å²) in [5.74, 6) is 0.628. The van der Waals surface area contributed by atoms with Crippen molar-refractivity contribution in [2.45, 2.75) is 46.6 Å². The lowest BCUT2D eigenvalue weighted by Crippen LogP contribution is -2.28. The molecule has 0 aliphatic rings. The lowest BCUT2D eigenvalue weighted by atomic mass is 10.0. The summed E-state index contributed by atoms with van der Waals surface area (Å²) in [5, 5.41) is 2.95. The van der Waals surface area contributed by atoms with E-state index in [1.165, 1.54) is 22.3 Å². The van der Waals surface area contributed by atoms with Crippen LogP contribution in [0.2, 0.25) is 0 Å². The van der Waals surface area contributed by atoms with Crippen molar-refractivity contribution in [3.05, 3.63) is 64.7 Å². The van der Waals surface area contributed by atoms with Gasteiger partial charge in [-0.1, -0.05) is 51.1 Å². The maximum Gasteiger partial charge on any atom is 0.258 e. The van der Waals surface area contributed by atoms with Gasteiger partial charge in [0, 0.05) is 6.54 Å². The fourth-order valence-electron chi connectivity index (χ4n) is 2.62. The molecule has 1 amide bonds. The summed E-state index contributed by atoms with van der Waals surface area (Å²) in [7, 11) is 0. The molecule has 0 spiro atoms. The van der Waals surface area contributed by atoms with Gasteiger partial charge in [0.2, 0.25) is 0 Å². The van der Waals surface area contributed by atoms with E-state index in [1.54, 1.807) is 0 Å². The Hall–Kier alpha value is -2.29. The number of ether oxygens (including phenoxy) is 1. The summed E-state index contributed by atoms with van der Waals surface area (Å²) >= 11 is 0. The Kier molecular flexibility index (Phi) is 6.86. The number of rotatable bonds is 8. The van der Waals surface area contributed by atoms with E-state index in [-0.39, 0.29) is 12.5 Å². The van der Waals surface area contributed by atoms with Gasteiger partial charge in [-0.25, -0.2) is 0 Å². The summed E-state index contributed by atoms with van der Waals surface area (Å²) in [6.45, 7) is 6.98. The van der Waals surface area contributed by atoms with Crippen LogP contribution in [0.1, 0.15) is 43.0 Å². The van der Waals surface area contributed by atoms with Crippen molar-refractivity contribution in [1.82, 2.24) is 5.32 Å². The average molecular weight is 325 g/mol. The van der Waals surface area contributed by atoms with Crippen LogP contribution >= 0.6 is 0 Å². The van der Waals surface area contributed by atoms with Crippen LogP contribution in [-0.4, -0.2) is 12.5 Å². The summed E-state index contributed by atoms with van der Waals surface area (Å²) in [6, 6.07) is 14.4. The molecule has 0 unspecified atom stereocenters. The SMILES string of the molecule is CCc1ccc(OCC(=O)NCc2cc(CC)ccc2CC)cc1. The van der Waals surface area contributed by atoms with Crippen molar-refractivity contribution in [3.8, 4) is 5.75 Å². The molecule has 2 rings (SSSR count). The zero-order chi connectivity index (χ0) is 17.4.